The summed E-state index contributed by atoms with van der Waals surface area (Å²) in [6.07, 6.45) is 4.07. The van der Waals surface area contributed by atoms with Crippen LogP contribution in [0.3, 0.4) is 0 Å². The van der Waals surface area contributed by atoms with Gasteiger partial charge in [-0.25, -0.2) is 0 Å². The van der Waals surface area contributed by atoms with Crippen LogP contribution in [0.2, 0.25) is 0 Å². The van der Waals surface area contributed by atoms with Crippen molar-refractivity contribution in [1.29, 1.82) is 0 Å². The fraction of sp³-hybridized carbons (Fsp3) is 0.692. The first kappa shape index (κ1) is 11.7. The first-order valence-electron chi connectivity index (χ1n) is 6.08. The maximum atomic E-state index is 9.23. The quantitative estimate of drug-likeness (QED) is 0.853. The number of aliphatic hydroxyl groups is 1. The second kappa shape index (κ2) is 5.02. The Kier molecular flexibility index (Phi) is 3.66. The largest absolute Gasteiger partial charge is 0.468 e. The number of aryl methyl sites for hydroxylation is 1. The monoisotopic (exact) mass is 223 g/mol. The zero-order chi connectivity index (χ0) is 11.5. The molecule has 90 valence electrons. The summed E-state index contributed by atoms with van der Waals surface area (Å²) in [6.45, 7) is 6.50. The van der Waals surface area contributed by atoms with E-state index in [-0.39, 0.29) is 0 Å². The Morgan fingerprint density at radius 1 is 1.50 bits per heavy atom. The van der Waals surface area contributed by atoms with Gasteiger partial charge in [0.15, 0.2) is 0 Å². The van der Waals surface area contributed by atoms with Gasteiger partial charge in [-0.05, 0) is 44.2 Å². The molecule has 16 heavy (non-hydrogen) atoms. The van der Waals surface area contributed by atoms with Crippen molar-refractivity contribution in [2.75, 3.05) is 13.2 Å². The molecule has 1 aliphatic rings. The summed E-state index contributed by atoms with van der Waals surface area (Å²) in [7, 11) is 0. The predicted molar refractivity (Wildman–Crippen MR) is 63.1 cm³/mol. The van der Waals surface area contributed by atoms with Crippen molar-refractivity contribution in [2.45, 2.75) is 39.3 Å². The molecule has 0 bridgehead atoms. The van der Waals surface area contributed by atoms with Gasteiger partial charge in [-0.3, -0.25) is 4.90 Å². The Morgan fingerprint density at radius 3 is 2.94 bits per heavy atom. The molecule has 0 aliphatic carbocycles. The molecule has 0 aromatic carbocycles. The highest BCUT2D eigenvalue weighted by Gasteiger charge is 2.25. The summed E-state index contributed by atoms with van der Waals surface area (Å²) < 4.78 is 5.48. The van der Waals surface area contributed by atoms with Crippen LogP contribution in [0.25, 0.3) is 0 Å². The van der Waals surface area contributed by atoms with Crippen LogP contribution in [-0.2, 0) is 6.54 Å². The first-order valence-corrected chi connectivity index (χ1v) is 6.08. The summed E-state index contributed by atoms with van der Waals surface area (Å²) in [4.78, 5) is 2.41. The summed E-state index contributed by atoms with van der Waals surface area (Å²) in [5.41, 5.74) is 1.22. The fourth-order valence-electron chi connectivity index (χ4n) is 2.38. The smallest absolute Gasteiger partial charge is 0.120 e. The topological polar surface area (TPSA) is 36.6 Å². The second-order valence-corrected chi connectivity index (χ2v) is 4.93. The molecule has 1 aromatic heterocycles. The molecule has 1 aliphatic heterocycles. The Morgan fingerprint density at radius 2 is 2.31 bits per heavy atom. The van der Waals surface area contributed by atoms with Crippen molar-refractivity contribution in [2.24, 2.45) is 5.92 Å². The van der Waals surface area contributed by atoms with E-state index in [9.17, 15) is 5.11 Å². The van der Waals surface area contributed by atoms with Crippen LogP contribution in [0.4, 0.5) is 0 Å². The minimum absolute atomic E-state index is 0.306. The van der Waals surface area contributed by atoms with Gasteiger partial charge < -0.3 is 9.52 Å². The molecule has 2 rings (SSSR count). The molecule has 0 amide bonds. The minimum Gasteiger partial charge on any atom is -0.468 e. The molecule has 0 spiro atoms. The van der Waals surface area contributed by atoms with Crippen molar-refractivity contribution in [3.05, 3.63) is 23.7 Å². The first-order chi connectivity index (χ1) is 7.70. The van der Waals surface area contributed by atoms with E-state index in [4.69, 9.17) is 4.42 Å². The highest BCUT2D eigenvalue weighted by Crippen LogP contribution is 2.24. The third-order valence-corrected chi connectivity index (χ3v) is 3.68. The summed E-state index contributed by atoms with van der Waals surface area (Å²) >= 11 is 0. The molecule has 2 atom stereocenters. The van der Waals surface area contributed by atoms with Crippen LogP contribution < -0.4 is 0 Å². The van der Waals surface area contributed by atoms with Gasteiger partial charge in [-0.2, -0.15) is 0 Å². The van der Waals surface area contributed by atoms with Crippen LogP contribution in [0.1, 0.15) is 31.1 Å². The number of rotatable bonds is 3. The normalized spacial score (nSPS) is 27.2. The summed E-state index contributed by atoms with van der Waals surface area (Å²) in [6, 6.07) is 2.60. The number of furan rings is 1. The number of likely N-dealkylation sites (tertiary alicyclic amines) is 1. The fourth-order valence-corrected chi connectivity index (χ4v) is 2.38. The lowest BCUT2D eigenvalue weighted by atomic mass is 9.94. The molecule has 2 unspecified atom stereocenters. The van der Waals surface area contributed by atoms with E-state index in [1.807, 2.05) is 6.07 Å². The van der Waals surface area contributed by atoms with Crippen molar-refractivity contribution in [3.63, 3.8) is 0 Å². The molecule has 3 heteroatoms. The summed E-state index contributed by atoms with van der Waals surface area (Å²) in [5, 5.41) is 9.23. The number of nitrogens with zero attached hydrogens (tertiary/aromatic N) is 1. The van der Waals surface area contributed by atoms with Crippen LogP contribution in [0, 0.1) is 12.8 Å². The zero-order valence-corrected chi connectivity index (χ0v) is 10.1. The molecule has 1 aromatic rings. The highest BCUT2D eigenvalue weighted by atomic mass is 16.3. The lowest BCUT2D eigenvalue weighted by Gasteiger charge is -2.36. The van der Waals surface area contributed by atoms with Crippen LogP contribution in [-0.4, -0.2) is 29.2 Å². The van der Waals surface area contributed by atoms with E-state index in [0.29, 0.717) is 18.6 Å². The minimum atomic E-state index is 0.306. The lowest BCUT2D eigenvalue weighted by Crippen LogP contribution is -2.42. The number of hydrogen-bond acceptors (Lipinski definition) is 3. The molecule has 1 saturated heterocycles. The molecule has 2 heterocycles. The SMILES string of the molecule is Cc1ccoc1CN1CC(CO)CCC1C. The maximum absolute atomic E-state index is 9.23. The third kappa shape index (κ3) is 2.47. The van der Waals surface area contributed by atoms with Crippen molar-refractivity contribution >= 4 is 0 Å². The van der Waals surface area contributed by atoms with Crippen molar-refractivity contribution in [3.8, 4) is 0 Å². The van der Waals surface area contributed by atoms with Gasteiger partial charge in [0.1, 0.15) is 5.76 Å². The van der Waals surface area contributed by atoms with Gasteiger partial charge in [0.2, 0.25) is 0 Å². The second-order valence-electron chi connectivity index (χ2n) is 4.93. The van der Waals surface area contributed by atoms with Gasteiger partial charge in [-0.1, -0.05) is 0 Å². The highest BCUT2D eigenvalue weighted by molar-refractivity contribution is 5.14. The zero-order valence-electron chi connectivity index (χ0n) is 10.1. The van der Waals surface area contributed by atoms with Gasteiger partial charge in [0, 0.05) is 19.2 Å². The number of aliphatic hydroxyl groups excluding tert-OH is 1. The van der Waals surface area contributed by atoms with Crippen LogP contribution in [0.5, 0.6) is 0 Å². The third-order valence-electron chi connectivity index (χ3n) is 3.68. The Labute approximate surface area is 97.1 Å². The van der Waals surface area contributed by atoms with E-state index in [2.05, 4.69) is 18.7 Å². The Balaban J connectivity index is 1.99. The van der Waals surface area contributed by atoms with Gasteiger partial charge in [-0.15, -0.1) is 0 Å². The average molecular weight is 223 g/mol. The molecule has 3 nitrogen and oxygen atoms in total. The molecule has 1 N–H and O–H groups in total. The summed E-state index contributed by atoms with van der Waals surface area (Å²) in [5.74, 6) is 1.50. The molecule has 0 radical (unpaired) electrons. The molecule has 0 saturated carbocycles. The molecule has 1 fully saturated rings. The molecular weight excluding hydrogens is 202 g/mol. The Bertz CT molecular complexity index is 334. The lowest BCUT2D eigenvalue weighted by molar-refractivity contribution is 0.0717. The van der Waals surface area contributed by atoms with Gasteiger partial charge >= 0.3 is 0 Å². The standard InChI is InChI=1S/C13H21NO2/c1-10-5-6-16-13(10)8-14-7-12(9-15)4-3-11(14)2/h5-6,11-12,15H,3-4,7-9H2,1-2H3. The van der Waals surface area contributed by atoms with Gasteiger partial charge in [0.25, 0.3) is 0 Å². The van der Waals surface area contributed by atoms with Crippen molar-refractivity contribution < 1.29 is 9.52 Å². The number of piperidine rings is 1. The average Bonchev–Trinajstić information content (AvgIpc) is 2.68. The van der Waals surface area contributed by atoms with E-state index in [1.54, 1.807) is 6.26 Å². The van der Waals surface area contributed by atoms with Gasteiger partial charge in [0.05, 0.1) is 12.8 Å². The maximum Gasteiger partial charge on any atom is 0.120 e. The van der Waals surface area contributed by atoms with E-state index >= 15 is 0 Å². The molecular formula is C13H21NO2. The van der Waals surface area contributed by atoms with Crippen LogP contribution >= 0.6 is 0 Å². The van der Waals surface area contributed by atoms with Crippen LogP contribution in [0.15, 0.2) is 16.7 Å². The predicted octanol–water partition coefficient (Wildman–Crippen LogP) is 2.18. The van der Waals surface area contributed by atoms with E-state index in [0.717, 1.165) is 25.3 Å². The van der Waals surface area contributed by atoms with E-state index < -0.39 is 0 Å². The Hall–Kier alpha value is -0.800. The van der Waals surface area contributed by atoms with E-state index in [1.165, 1.54) is 12.0 Å². The van der Waals surface area contributed by atoms with Crippen molar-refractivity contribution in [1.82, 2.24) is 4.90 Å². The number of hydrogen-bond donors (Lipinski definition) is 1.